The zero-order valence-corrected chi connectivity index (χ0v) is 13.6. The molecule has 0 radical (unpaired) electrons. The van der Waals surface area contributed by atoms with Gasteiger partial charge in [0.1, 0.15) is 0 Å². The average molecular weight is 324 g/mol. The summed E-state index contributed by atoms with van der Waals surface area (Å²) < 4.78 is 5.97. The van der Waals surface area contributed by atoms with E-state index in [1.165, 1.54) is 0 Å². The van der Waals surface area contributed by atoms with Crippen molar-refractivity contribution in [2.45, 2.75) is 18.4 Å². The van der Waals surface area contributed by atoms with Gasteiger partial charge in [-0.05, 0) is 31.0 Å². The number of carbonyl (C=O) groups is 1. The molecular weight excluding hydrogens is 302 g/mol. The molecule has 2 N–H and O–H groups in total. The van der Waals surface area contributed by atoms with E-state index in [1.54, 1.807) is 12.1 Å². The molecule has 2 aliphatic rings. The topological polar surface area (TPSA) is 53.6 Å². The second-order valence-electron chi connectivity index (χ2n) is 5.94. The Balaban J connectivity index is 1.71. The highest BCUT2D eigenvalue weighted by atomic mass is 35.5. The van der Waals surface area contributed by atoms with Crippen molar-refractivity contribution in [2.24, 2.45) is 0 Å². The first kappa shape index (κ1) is 15.6. The minimum Gasteiger partial charge on any atom is -0.387 e. The molecule has 0 atom stereocenters. The number of hydrogen-bond acceptors (Lipinski definition) is 4. The number of hydrogen-bond donors (Lipinski definition) is 2. The Hall–Kier alpha value is -1.30. The van der Waals surface area contributed by atoms with Gasteiger partial charge in [0.25, 0.3) is 5.91 Å². The number of piperidine rings is 1. The molecule has 1 aromatic rings. The lowest BCUT2D eigenvalue weighted by Crippen LogP contribution is -2.56. The van der Waals surface area contributed by atoms with Crippen LogP contribution in [-0.2, 0) is 4.74 Å². The van der Waals surface area contributed by atoms with Gasteiger partial charge in [-0.15, -0.1) is 0 Å². The number of ether oxygens (including phenoxy) is 1. The highest BCUT2D eigenvalue weighted by molar-refractivity contribution is 6.31. The van der Waals surface area contributed by atoms with E-state index in [-0.39, 0.29) is 11.5 Å². The molecule has 0 aliphatic carbocycles. The van der Waals surface area contributed by atoms with Gasteiger partial charge in [-0.1, -0.05) is 11.6 Å². The summed E-state index contributed by atoms with van der Waals surface area (Å²) in [4.78, 5) is 14.7. The predicted octanol–water partition coefficient (Wildman–Crippen LogP) is 1.98. The fourth-order valence-electron chi connectivity index (χ4n) is 3.23. The van der Waals surface area contributed by atoms with Crippen LogP contribution in [0, 0.1) is 0 Å². The van der Waals surface area contributed by atoms with Crippen LogP contribution >= 0.6 is 11.6 Å². The van der Waals surface area contributed by atoms with Gasteiger partial charge in [0.05, 0.1) is 17.8 Å². The minimum absolute atomic E-state index is 0.0328. The maximum absolute atomic E-state index is 12.8. The molecule has 1 amide bonds. The lowest BCUT2D eigenvalue weighted by atomic mass is 9.89. The Morgan fingerprint density at radius 3 is 2.82 bits per heavy atom. The molecule has 0 unspecified atom stereocenters. The Labute approximate surface area is 136 Å². The predicted molar refractivity (Wildman–Crippen MR) is 87.7 cm³/mol. The molecule has 5 nitrogen and oxygen atoms in total. The zero-order valence-electron chi connectivity index (χ0n) is 12.8. The Kier molecular flexibility index (Phi) is 4.57. The van der Waals surface area contributed by atoms with Crippen molar-refractivity contribution in [3.63, 3.8) is 0 Å². The molecular formula is C16H22ClN3O2. The number of nitrogens with one attached hydrogen (secondary N) is 2. The fourth-order valence-corrected chi connectivity index (χ4v) is 3.40. The van der Waals surface area contributed by atoms with Crippen LogP contribution in [0.5, 0.6) is 0 Å². The second kappa shape index (κ2) is 6.44. The van der Waals surface area contributed by atoms with Crippen molar-refractivity contribution >= 4 is 23.2 Å². The van der Waals surface area contributed by atoms with Crippen molar-refractivity contribution in [1.29, 1.82) is 0 Å². The van der Waals surface area contributed by atoms with Gasteiger partial charge in [-0.25, -0.2) is 0 Å². The molecule has 2 aliphatic heterocycles. The highest BCUT2D eigenvalue weighted by Crippen LogP contribution is 2.29. The summed E-state index contributed by atoms with van der Waals surface area (Å²) in [6.07, 6.45) is 1.75. The van der Waals surface area contributed by atoms with Crippen LogP contribution in [0.25, 0.3) is 0 Å². The first-order chi connectivity index (χ1) is 10.6. The Morgan fingerprint density at radius 1 is 1.41 bits per heavy atom. The second-order valence-corrected chi connectivity index (χ2v) is 6.38. The summed E-state index contributed by atoms with van der Waals surface area (Å²) in [5, 5.41) is 7.03. The molecule has 6 heteroatoms. The van der Waals surface area contributed by atoms with E-state index >= 15 is 0 Å². The summed E-state index contributed by atoms with van der Waals surface area (Å²) in [5.41, 5.74) is 1.36. The number of morpholine rings is 1. The summed E-state index contributed by atoms with van der Waals surface area (Å²) in [6, 6.07) is 5.37. The van der Waals surface area contributed by atoms with Crippen LogP contribution in [0.3, 0.4) is 0 Å². The van der Waals surface area contributed by atoms with Crippen molar-refractivity contribution in [2.75, 3.05) is 45.2 Å². The third kappa shape index (κ3) is 3.07. The summed E-state index contributed by atoms with van der Waals surface area (Å²) in [7, 11) is 1.81. The fraction of sp³-hybridized carbons (Fsp3) is 0.562. The molecule has 22 heavy (non-hydrogen) atoms. The molecule has 0 aromatic heterocycles. The molecule has 3 rings (SSSR count). The van der Waals surface area contributed by atoms with Gasteiger partial charge in [0, 0.05) is 43.9 Å². The maximum atomic E-state index is 12.8. The van der Waals surface area contributed by atoms with Crippen molar-refractivity contribution in [3.05, 3.63) is 28.8 Å². The summed E-state index contributed by atoms with van der Waals surface area (Å²) in [6.45, 7) is 3.99. The van der Waals surface area contributed by atoms with E-state index in [0.29, 0.717) is 10.6 Å². The van der Waals surface area contributed by atoms with E-state index in [4.69, 9.17) is 16.3 Å². The number of amides is 1. The third-order valence-electron chi connectivity index (χ3n) is 4.58. The largest absolute Gasteiger partial charge is 0.387 e. The van der Waals surface area contributed by atoms with Crippen LogP contribution < -0.4 is 10.6 Å². The van der Waals surface area contributed by atoms with Crippen molar-refractivity contribution < 1.29 is 9.53 Å². The number of halogens is 1. The van der Waals surface area contributed by atoms with Gasteiger partial charge >= 0.3 is 0 Å². The van der Waals surface area contributed by atoms with E-state index in [0.717, 1.165) is 51.3 Å². The van der Waals surface area contributed by atoms with Crippen LogP contribution in [0.4, 0.5) is 5.69 Å². The number of likely N-dealkylation sites (tertiary alicyclic amines) is 1. The first-order valence-electron chi connectivity index (χ1n) is 7.75. The molecule has 0 saturated carbocycles. The number of carbonyl (C=O) groups excluding carboxylic acids is 1. The average Bonchev–Trinajstić information content (AvgIpc) is 2.56. The molecule has 2 saturated heterocycles. The molecule has 1 aromatic carbocycles. The zero-order chi connectivity index (χ0) is 15.6. The lowest BCUT2D eigenvalue weighted by molar-refractivity contribution is -0.0954. The Bertz CT molecular complexity index is 548. The summed E-state index contributed by atoms with van der Waals surface area (Å²) in [5.74, 6) is 0.0328. The van der Waals surface area contributed by atoms with Crippen molar-refractivity contribution in [3.8, 4) is 0 Å². The van der Waals surface area contributed by atoms with Gasteiger partial charge in [-0.2, -0.15) is 0 Å². The van der Waals surface area contributed by atoms with Crippen LogP contribution in [0.2, 0.25) is 5.02 Å². The van der Waals surface area contributed by atoms with Crippen LogP contribution in [-0.4, -0.2) is 56.2 Å². The smallest absolute Gasteiger partial charge is 0.256 e. The Morgan fingerprint density at radius 2 is 2.18 bits per heavy atom. The quantitative estimate of drug-likeness (QED) is 0.874. The van der Waals surface area contributed by atoms with E-state index in [9.17, 15) is 4.79 Å². The van der Waals surface area contributed by atoms with Gasteiger partial charge < -0.3 is 20.3 Å². The monoisotopic (exact) mass is 323 g/mol. The molecule has 1 spiro atoms. The van der Waals surface area contributed by atoms with Crippen LogP contribution in [0.15, 0.2) is 18.2 Å². The van der Waals surface area contributed by atoms with Crippen LogP contribution in [0.1, 0.15) is 23.2 Å². The maximum Gasteiger partial charge on any atom is 0.256 e. The lowest BCUT2D eigenvalue weighted by Gasteiger charge is -2.44. The minimum atomic E-state index is -0.0881. The standard InChI is InChI=1S/C16H22ClN3O2/c1-18-14-3-2-12(17)10-13(14)15(21)20-7-4-16(5-8-20)11-19-6-9-22-16/h2-3,10,18-19H,4-9,11H2,1H3. The van der Waals surface area contributed by atoms with Gasteiger partial charge in [-0.3, -0.25) is 4.79 Å². The first-order valence-corrected chi connectivity index (χ1v) is 8.13. The SMILES string of the molecule is CNc1ccc(Cl)cc1C(=O)N1CCC2(CC1)CNCCO2. The van der Waals surface area contributed by atoms with E-state index < -0.39 is 0 Å². The number of rotatable bonds is 2. The van der Waals surface area contributed by atoms with Crippen molar-refractivity contribution in [1.82, 2.24) is 10.2 Å². The molecule has 120 valence electrons. The van der Waals surface area contributed by atoms with Gasteiger partial charge in [0.15, 0.2) is 0 Å². The molecule has 2 heterocycles. The number of anilines is 1. The molecule has 2 fully saturated rings. The van der Waals surface area contributed by atoms with Gasteiger partial charge in [0.2, 0.25) is 0 Å². The van der Waals surface area contributed by atoms with E-state index in [1.807, 2.05) is 18.0 Å². The number of benzene rings is 1. The van der Waals surface area contributed by atoms with E-state index in [2.05, 4.69) is 10.6 Å². The number of nitrogens with zero attached hydrogens (tertiary/aromatic N) is 1. The summed E-state index contributed by atoms with van der Waals surface area (Å²) >= 11 is 6.05. The normalized spacial score (nSPS) is 20.9. The molecule has 0 bridgehead atoms. The third-order valence-corrected chi connectivity index (χ3v) is 4.81. The highest BCUT2D eigenvalue weighted by Gasteiger charge is 2.38.